The second-order valence-corrected chi connectivity index (χ2v) is 4.93. The van der Waals surface area contributed by atoms with E-state index in [2.05, 4.69) is 5.32 Å². The Hall–Kier alpha value is -2.29. The number of carboxylic acids is 1. The number of hydrogen-bond donors (Lipinski definition) is 2. The lowest BCUT2D eigenvalue weighted by atomic mass is 10.3. The normalized spacial score (nSPS) is 11.6. The number of carbonyl (C=O) groups is 2. The first-order valence-electron chi connectivity index (χ1n) is 4.99. The summed E-state index contributed by atoms with van der Waals surface area (Å²) in [6.07, 6.45) is 0. The van der Waals surface area contributed by atoms with Crippen LogP contribution in [0.3, 0.4) is 0 Å². The number of amides is 1. The summed E-state index contributed by atoms with van der Waals surface area (Å²) in [5.74, 6) is -2.91. The number of carbonyl (C=O) groups excluding carboxylic acids is 1. The van der Waals surface area contributed by atoms with Crippen LogP contribution in [0.1, 0.15) is 0 Å². The van der Waals surface area contributed by atoms with Gasteiger partial charge in [-0.05, 0) is 12.1 Å². The first kappa shape index (κ1) is 14.8. The van der Waals surface area contributed by atoms with E-state index in [1.165, 1.54) is 24.3 Å². The summed E-state index contributed by atoms with van der Waals surface area (Å²) in [5.41, 5.74) is 0.190. The molecular formula is C10H10N2O6S. The van der Waals surface area contributed by atoms with Crippen molar-refractivity contribution in [3.63, 3.8) is 0 Å². The minimum atomic E-state index is -1.79. The summed E-state index contributed by atoms with van der Waals surface area (Å²) in [4.78, 5) is 31.5. The third-order valence-corrected chi connectivity index (χ3v) is 3.09. The summed E-state index contributed by atoms with van der Waals surface area (Å²) in [5, 5.41) is 21.2. The van der Waals surface area contributed by atoms with Crippen molar-refractivity contribution >= 4 is 34.1 Å². The van der Waals surface area contributed by atoms with Crippen LogP contribution < -0.4 is 5.32 Å². The molecule has 1 amide bonds. The van der Waals surface area contributed by atoms with Crippen LogP contribution in [-0.2, 0) is 20.4 Å². The average Bonchev–Trinajstić information content (AvgIpc) is 2.27. The summed E-state index contributed by atoms with van der Waals surface area (Å²) in [7, 11) is -1.79. The van der Waals surface area contributed by atoms with Crippen LogP contribution in [0.4, 0.5) is 11.4 Å². The number of aliphatic carboxylic acids is 1. The van der Waals surface area contributed by atoms with Crippen molar-refractivity contribution in [2.45, 2.75) is 0 Å². The molecule has 1 aromatic rings. The topological polar surface area (TPSA) is 127 Å². The van der Waals surface area contributed by atoms with Crippen LogP contribution >= 0.6 is 0 Å². The Morgan fingerprint density at radius 1 is 1.26 bits per heavy atom. The monoisotopic (exact) mass is 286 g/mol. The van der Waals surface area contributed by atoms with E-state index in [9.17, 15) is 23.9 Å². The van der Waals surface area contributed by atoms with Crippen LogP contribution in [0.25, 0.3) is 0 Å². The third kappa shape index (κ3) is 5.25. The van der Waals surface area contributed by atoms with Gasteiger partial charge in [-0.25, -0.2) is 0 Å². The first-order valence-corrected chi connectivity index (χ1v) is 6.48. The summed E-state index contributed by atoms with van der Waals surface area (Å²) < 4.78 is 11.2. The molecule has 0 saturated carbocycles. The Balaban J connectivity index is 2.55. The molecule has 0 heterocycles. The van der Waals surface area contributed by atoms with Gasteiger partial charge in [0.15, 0.2) is 0 Å². The molecule has 1 atom stereocenters. The fourth-order valence-electron chi connectivity index (χ4n) is 1.20. The lowest BCUT2D eigenvalue weighted by molar-refractivity contribution is -0.384. The average molecular weight is 286 g/mol. The fourth-order valence-corrected chi connectivity index (χ4v) is 1.94. The second kappa shape index (κ2) is 6.59. The highest BCUT2D eigenvalue weighted by molar-refractivity contribution is 7.86. The van der Waals surface area contributed by atoms with Crippen molar-refractivity contribution in [1.29, 1.82) is 0 Å². The zero-order valence-electron chi connectivity index (χ0n) is 9.57. The molecule has 102 valence electrons. The number of nitro benzene ring substituents is 1. The molecule has 8 nitrogen and oxygen atoms in total. The Kier molecular flexibility index (Phi) is 5.12. The van der Waals surface area contributed by atoms with Crippen LogP contribution in [0.5, 0.6) is 0 Å². The number of benzene rings is 1. The van der Waals surface area contributed by atoms with E-state index in [-0.39, 0.29) is 5.69 Å². The zero-order chi connectivity index (χ0) is 14.4. The molecule has 0 radical (unpaired) electrons. The van der Waals surface area contributed by atoms with E-state index in [0.717, 1.165) is 0 Å². The quantitative estimate of drug-likeness (QED) is 0.574. The number of nitrogens with zero attached hydrogens (tertiary/aromatic N) is 1. The van der Waals surface area contributed by atoms with Crippen LogP contribution in [0.2, 0.25) is 0 Å². The summed E-state index contributed by atoms with van der Waals surface area (Å²) in [6, 6.07) is 5.08. The molecule has 0 aliphatic carbocycles. The Labute approximate surface area is 110 Å². The highest BCUT2D eigenvalue weighted by atomic mass is 32.2. The summed E-state index contributed by atoms with van der Waals surface area (Å²) in [6.45, 7) is 0. The van der Waals surface area contributed by atoms with Gasteiger partial charge in [-0.3, -0.25) is 23.9 Å². The van der Waals surface area contributed by atoms with E-state index in [4.69, 9.17) is 5.11 Å². The van der Waals surface area contributed by atoms with Gasteiger partial charge in [0.05, 0.1) is 4.92 Å². The van der Waals surface area contributed by atoms with Gasteiger partial charge in [0, 0.05) is 28.6 Å². The maximum absolute atomic E-state index is 11.4. The Bertz CT molecular complexity index is 527. The molecule has 0 unspecified atom stereocenters. The maximum Gasteiger partial charge on any atom is 0.316 e. The van der Waals surface area contributed by atoms with Gasteiger partial charge in [0.25, 0.3) is 5.69 Å². The van der Waals surface area contributed by atoms with Crippen LogP contribution in [0, 0.1) is 10.1 Å². The number of anilines is 1. The maximum atomic E-state index is 11.4. The zero-order valence-corrected chi connectivity index (χ0v) is 10.4. The highest BCUT2D eigenvalue weighted by Gasteiger charge is 2.12. The molecule has 0 aliphatic rings. The van der Waals surface area contributed by atoms with Gasteiger partial charge in [0.1, 0.15) is 11.5 Å². The van der Waals surface area contributed by atoms with Gasteiger partial charge < -0.3 is 10.4 Å². The molecule has 0 aromatic heterocycles. The minimum absolute atomic E-state index is 0.118. The third-order valence-electron chi connectivity index (χ3n) is 1.94. The Morgan fingerprint density at radius 3 is 2.32 bits per heavy atom. The van der Waals surface area contributed by atoms with Crippen molar-refractivity contribution in [2.24, 2.45) is 0 Å². The minimum Gasteiger partial charge on any atom is -0.481 e. The molecule has 0 aliphatic heterocycles. The number of nitrogens with one attached hydrogen (secondary N) is 1. The molecule has 1 aromatic carbocycles. The van der Waals surface area contributed by atoms with E-state index in [1.54, 1.807) is 0 Å². The molecule has 19 heavy (non-hydrogen) atoms. The van der Waals surface area contributed by atoms with Gasteiger partial charge in [-0.1, -0.05) is 0 Å². The SMILES string of the molecule is O=C(O)C[S@@](=O)CC(=O)Nc1ccc([N+](=O)[O-])cc1. The predicted molar refractivity (Wildman–Crippen MR) is 67.2 cm³/mol. The lowest BCUT2D eigenvalue weighted by Crippen LogP contribution is -2.23. The van der Waals surface area contributed by atoms with E-state index >= 15 is 0 Å². The Morgan fingerprint density at radius 2 is 1.84 bits per heavy atom. The molecule has 2 N–H and O–H groups in total. The van der Waals surface area contributed by atoms with Gasteiger partial charge in [-0.2, -0.15) is 0 Å². The standard InChI is InChI=1S/C10H10N2O6S/c13-9(5-19(18)6-10(14)15)11-7-1-3-8(4-2-7)12(16)17/h1-4H,5-6H2,(H,11,13)(H,14,15)/t19-/m0/s1. The van der Waals surface area contributed by atoms with Crippen molar-refractivity contribution in [3.05, 3.63) is 34.4 Å². The predicted octanol–water partition coefficient (Wildman–Crippen LogP) is 0.367. The van der Waals surface area contributed by atoms with Crippen molar-refractivity contribution < 1.29 is 23.8 Å². The van der Waals surface area contributed by atoms with E-state index in [1.807, 2.05) is 0 Å². The fraction of sp³-hybridized carbons (Fsp3) is 0.200. The van der Waals surface area contributed by atoms with Gasteiger partial charge in [0.2, 0.25) is 5.91 Å². The number of non-ortho nitro benzene ring substituents is 1. The highest BCUT2D eigenvalue weighted by Crippen LogP contribution is 2.15. The molecule has 0 spiro atoms. The molecular weight excluding hydrogens is 276 g/mol. The van der Waals surface area contributed by atoms with Gasteiger partial charge >= 0.3 is 5.97 Å². The molecule has 0 saturated heterocycles. The molecule has 0 fully saturated rings. The van der Waals surface area contributed by atoms with Crippen LogP contribution in [-0.4, -0.2) is 37.6 Å². The second-order valence-electron chi connectivity index (χ2n) is 3.47. The molecule has 1 rings (SSSR count). The van der Waals surface area contributed by atoms with E-state index in [0.29, 0.717) is 5.69 Å². The number of hydrogen-bond acceptors (Lipinski definition) is 5. The lowest BCUT2D eigenvalue weighted by Gasteiger charge is -2.04. The number of nitro groups is 1. The van der Waals surface area contributed by atoms with Gasteiger partial charge in [-0.15, -0.1) is 0 Å². The van der Waals surface area contributed by atoms with Crippen molar-refractivity contribution in [2.75, 3.05) is 16.8 Å². The first-order chi connectivity index (χ1) is 8.88. The van der Waals surface area contributed by atoms with Crippen molar-refractivity contribution in [3.8, 4) is 0 Å². The van der Waals surface area contributed by atoms with E-state index < -0.39 is 39.1 Å². The number of rotatable bonds is 6. The molecule has 9 heteroatoms. The smallest absolute Gasteiger partial charge is 0.316 e. The number of carboxylic acid groups (broad SMARTS) is 1. The largest absolute Gasteiger partial charge is 0.481 e. The summed E-state index contributed by atoms with van der Waals surface area (Å²) >= 11 is 0. The van der Waals surface area contributed by atoms with Crippen LogP contribution in [0.15, 0.2) is 24.3 Å². The van der Waals surface area contributed by atoms with Crippen molar-refractivity contribution in [1.82, 2.24) is 0 Å². The molecule has 0 bridgehead atoms.